The van der Waals surface area contributed by atoms with Gasteiger partial charge in [0, 0.05) is 0 Å². The SMILES string of the molecule is B.Cl[SiH](Cl)Cl. The van der Waals surface area contributed by atoms with Gasteiger partial charge in [-0.05, 0) is 0 Å². The maximum Gasteiger partial charge on any atom is 0.326 e. The average molecular weight is 149 g/mol. The van der Waals surface area contributed by atoms with Crippen LogP contribution in [0.1, 0.15) is 0 Å². The van der Waals surface area contributed by atoms with Gasteiger partial charge in [-0.1, -0.05) is 0 Å². The van der Waals surface area contributed by atoms with Gasteiger partial charge in [0.2, 0.25) is 0 Å². The first-order valence-corrected chi connectivity index (χ1v) is 5.89. The van der Waals surface area contributed by atoms with Crippen molar-refractivity contribution in [1.29, 1.82) is 0 Å². The third-order valence-corrected chi connectivity index (χ3v) is 0. The summed E-state index contributed by atoms with van der Waals surface area (Å²) in [5.41, 5.74) is 0. The Morgan fingerprint density at radius 3 is 1.00 bits per heavy atom. The van der Waals surface area contributed by atoms with E-state index in [-0.39, 0.29) is 8.41 Å². The highest BCUT2D eigenvalue weighted by Crippen LogP contribution is 1.97. The predicted octanol–water partition coefficient (Wildman–Crippen LogP) is 0.236. The summed E-state index contributed by atoms with van der Waals surface area (Å²) in [6.45, 7) is -1.72. The normalized spacial score (nSPS) is 7.20. The molecule has 0 unspecified atom stereocenters. The quantitative estimate of drug-likeness (QED) is 0.342. The number of hydrogen-bond donors (Lipinski definition) is 0. The van der Waals surface area contributed by atoms with E-state index in [4.69, 9.17) is 33.2 Å². The van der Waals surface area contributed by atoms with E-state index in [2.05, 4.69) is 0 Å². The van der Waals surface area contributed by atoms with E-state index < -0.39 is 6.73 Å². The van der Waals surface area contributed by atoms with Gasteiger partial charge in [0.05, 0.1) is 8.41 Å². The van der Waals surface area contributed by atoms with Crippen LogP contribution >= 0.6 is 33.2 Å². The van der Waals surface area contributed by atoms with Crippen LogP contribution in [0.15, 0.2) is 0 Å². The van der Waals surface area contributed by atoms with Crippen LogP contribution in [-0.4, -0.2) is 15.1 Å². The van der Waals surface area contributed by atoms with Gasteiger partial charge in [0.25, 0.3) is 0 Å². The van der Waals surface area contributed by atoms with Crippen molar-refractivity contribution in [1.82, 2.24) is 0 Å². The van der Waals surface area contributed by atoms with Crippen molar-refractivity contribution < 1.29 is 0 Å². The van der Waals surface area contributed by atoms with Crippen molar-refractivity contribution in [2.24, 2.45) is 0 Å². The molecule has 0 heterocycles. The topological polar surface area (TPSA) is 0 Å². The molecular weight excluding hydrogens is 145 g/mol. The lowest BCUT2D eigenvalue weighted by atomic mass is 10.8. The number of rotatable bonds is 0. The molecule has 0 aliphatic heterocycles. The molecule has 0 nitrogen and oxygen atoms in total. The molecule has 0 aromatic heterocycles. The molecule has 0 N–H and O–H groups in total. The molecular formula is H4BCl3Si. The van der Waals surface area contributed by atoms with E-state index in [9.17, 15) is 0 Å². The van der Waals surface area contributed by atoms with E-state index >= 15 is 0 Å². The Labute approximate surface area is 48.7 Å². The summed E-state index contributed by atoms with van der Waals surface area (Å²) in [5.74, 6) is 0. The van der Waals surface area contributed by atoms with Gasteiger partial charge < -0.3 is 0 Å². The largest absolute Gasteiger partial charge is 0.326 e. The molecule has 0 saturated heterocycles. The maximum atomic E-state index is 4.94. The lowest BCUT2D eigenvalue weighted by Crippen LogP contribution is -1.66. The summed E-state index contributed by atoms with van der Waals surface area (Å²) >= 11 is 14.8. The zero-order valence-corrected chi connectivity index (χ0v) is 5.13. The maximum absolute atomic E-state index is 4.94. The molecule has 0 amide bonds. The Balaban J connectivity index is 0. The standard InChI is InChI=1S/BH3.Cl3HSi/c;1-4(2)3/h1H3;4H. The molecule has 0 radical (unpaired) electrons. The molecule has 0 rings (SSSR count). The van der Waals surface area contributed by atoms with E-state index in [1.165, 1.54) is 0 Å². The van der Waals surface area contributed by atoms with Crippen molar-refractivity contribution in [2.75, 3.05) is 0 Å². The third kappa shape index (κ3) is 38.6. The highest BCUT2D eigenvalue weighted by atomic mass is 35.8. The van der Waals surface area contributed by atoms with Crippen LogP contribution in [0.5, 0.6) is 0 Å². The second-order valence-corrected chi connectivity index (χ2v) is 6.68. The molecule has 5 heteroatoms. The van der Waals surface area contributed by atoms with Crippen molar-refractivity contribution in [3.63, 3.8) is 0 Å². The molecule has 0 aromatic rings. The fourth-order valence-electron chi connectivity index (χ4n) is 0. The van der Waals surface area contributed by atoms with Crippen LogP contribution in [0.2, 0.25) is 0 Å². The van der Waals surface area contributed by atoms with Crippen molar-refractivity contribution in [3.05, 3.63) is 0 Å². The van der Waals surface area contributed by atoms with Gasteiger partial charge in [-0.3, -0.25) is 0 Å². The van der Waals surface area contributed by atoms with Gasteiger partial charge in [0.15, 0.2) is 0 Å². The van der Waals surface area contributed by atoms with Crippen LogP contribution in [0.3, 0.4) is 0 Å². The van der Waals surface area contributed by atoms with Crippen molar-refractivity contribution >= 4 is 48.4 Å². The molecule has 0 aromatic carbocycles. The zero-order valence-electron chi connectivity index (χ0n) is 1.71. The molecule has 32 valence electrons. The van der Waals surface area contributed by atoms with Crippen LogP contribution in [0.25, 0.3) is 0 Å². The van der Waals surface area contributed by atoms with Crippen molar-refractivity contribution in [2.45, 2.75) is 0 Å². The highest BCUT2D eigenvalue weighted by molar-refractivity contribution is 7.54. The van der Waals surface area contributed by atoms with Gasteiger partial charge in [-0.2, -0.15) is 0 Å². The molecule has 5 heavy (non-hydrogen) atoms. The lowest BCUT2D eigenvalue weighted by Gasteiger charge is -1.65. The Hall–Kier alpha value is 1.15. The molecule has 0 atom stereocenters. The molecule has 0 saturated carbocycles. The first kappa shape index (κ1) is 9.47. The van der Waals surface area contributed by atoms with E-state index in [1.54, 1.807) is 0 Å². The minimum absolute atomic E-state index is 0. The predicted molar refractivity (Wildman–Crippen MR) is 34.6 cm³/mol. The second-order valence-electron chi connectivity index (χ2n) is 0.247. The summed E-state index contributed by atoms with van der Waals surface area (Å²) in [5, 5.41) is 0. The van der Waals surface area contributed by atoms with E-state index in [0.717, 1.165) is 0 Å². The first-order valence-electron chi connectivity index (χ1n) is 0.655. The summed E-state index contributed by atoms with van der Waals surface area (Å²) in [7, 11) is 0. The Morgan fingerprint density at radius 2 is 1.00 bits per heavy atom. The minimum Gasteiger partial charge on any atom is -0.130 e. The second kappa shape index (κ2) is 5.15. The number of hydrogen-bond acceptors (Lipinski definition) is 0. The molecule has 0 aliphatic carbocycles. The molecule has 0 bridgehead atoms. The monoisotopic (exact) mass is 148 g/mol. The lowest BCUT2D eigenvalue weighted by molar-refractivity contribution is 4.07. The molecule has 0 spiro atoms. The summed E-state index contributed by atoms with van der Waals surface area (Å²) in [6, 6.07) is 0. The van der Waals surface area contributed by atoms with E-state index in [0.29, 0.717) is 0 Å². The third-order valence-electron chi connectivity index (χ3n) is 0. The summed E-state index contributed by atoms with van der Waals surface area (Å²) < 4.78 is 0. The van der Waals surface area contributed by atoms with Crippen LogP contribution in [0.4, 0.5) is 0 Å². The Morgan fingerprint density at radius 1 is 1.00 bits per heavy atom. The van der Waals surface area contributed by atoms with Crippen LogP contribution < -0.4 is 0 Å². The molecule has 0 fully saturated rings. The van der Waals surface area contributed by atoms with Gasteiger partial charge >= 0.3 is 6.73 Å². The highest BCUT2D eigenvalue weighted by Gasteiger charge is 1.85. The Bertz CT molecular complexity index is 11.6. The van der Waals surface area contributed by atoms with Crippen molar-refractivity contribution in [3.8, 4) is 0 Å². The zero-order chi connectivity index (χ0) is 3.58. The van der Waals surface area contributed by atoms with Gasteiger partial charge in [-0.25, -0.2) is 0 Å². The van der Waals surface area contributed by atoms with Gasteiger partial charge in [-0.15, -0.1) is 33.2 Å². The summed E-state index contributed by atoms with van der Waals surface area (Å²) in [6.07, 6.45) is 0. The fraction of sp³-hybridized carbons (Fsp3) is 0. The Kier molecular flexibility index (Phi) is 9.76. The fourth-order valence-corrected chi connectivity index (χ4v) is 0. The number of halogens is 3. The smallest absolute Gasteiger partial charge is 0.130 e. The summed E-state index contributed by atoms with van der Waals surface area (Å²) in [4.78, 5) is 0. The van der Waals surface area contributed by atoms with Crippen LogP contribution in [-0.2, 0) is 0 Å². The average Bonchev–Trinajstić information content (AvgIpc) is 0.811. The van der Waals surface area contributed by atoms with E-state index in [1.807, 2.05) is 0 Å². The first-order chi connectivity index (χ1) is 1.73. The molecule has 0 aliphatic rings. The van der Waals surface area contributed by atoms with Crippen LogP contribution in [0, 0.1) is 0 Å². The minimum atomic E-state index is -1.72. The van der Waals surface area contributed by atoms with Gasteiger partial charge in [0.1, 0.15) is 0 Å².